The Hall–Kier alpha value is 1.65. The van der Waals surface area contributed by atoms with Gasteiger partial charge >= 0.3 is 80.1 Å². The first-order valence-corrected chi connectivity index (χ1v) is 5.21. The van der Waals surface area contributed by atoms with Crippen LogP contribution in [0.5, 0.6) is 0 Å². The second kappa shape index (κ2) is 6.28. The zero-order chi connectivity index (χ0) is 7.73. The molecular formula is C10H15I2Ti. The molecule has 0 radical (unpaired) electrons. The Labute approximate surface area is 126 Å². The molecule has 73 valence electrons. The van der Waals surface area contributed by atoms with Gasteiger partial charge in [-0.15, -0.1) is 48.0 Å². The van der Waals surface area contributed by atoms with Crippen molar-refractivity contribution >= 4 is 48.0 Å². The fourth-order valence-electron chi connectivity index (χ4n) is 2.10. The minimum atomic E-state index is 0. The van der Waals surface area contributed by atoms with E-state index < -0.39 is 0 Å². The molecule has 3 heteroatoms. The number of hydrogen-bond acceptors (Lipinski definition) is 0. The Morgan fingerprint density at radius 3 is 2.23 bits per heavy atom. The second-order valence-electron chi connectivity index (χ2n) is 3.61. The van der Waals surface area contributed by atoms with Gasteiger partial charge < -0.3 is 0 Å². The molecule has 0 unspecified atom stereocenters. The summed E-state index contributed by atoms with van der Waals surface area (Å²) in [6.07, 6.45) is 13.7. The van der Waals surface area contributed by atoms with E-state index in [4.69, 9.17) is 0 Å². The van der Waals surface area contributed by atoms with Crippen molar-refractivity contribution in [1.82, 2.24) is 0 Å². The van der Waals surface area contributed by atoms with Crippen LogP contribution in [0.1, 0.15) is 32.1 Å². The van der Waals surface area contributed by atoms with Crippen molar-refractivity contribution < 1.29 is 20.4 Å². The molecule has 0 aromatic rings. The van der Waals surface area contributed by atoms with Crippen LogP contribution in [0.3, 0.4) is 0 Å². The van der Waals surface area contributed by atoms with Crippen LogP contribution >= 0.6 is 48.0 Å². The Bertz CT molecular complexity index is 215. The molecule has 0 amide bonds. The predicted octanol–water partition coefficient (Wildman–Crippen LogP) is 4.39. The maximum absolute atomic E-state index is 2.43. The summed E-state index contributed by atoms with van der Waals surface area (Å²) in [6.45, 7) is 0. The zero-order valence-electron chi connectivity index (χ0n) is 7.58. The summed E-state index contributed by atoms with van der Waals surface area (Å²) in [5.41, 5.74) is 1.68. The normalized spacial score (nSPS) is 23.2. The summed E-state index contributed by atoms with van der Waals surface area (Å²) >= 11 is 2.43. The molecular weight excluding hydrogens is 422 g/mol. The molecule has 2 rings (SSSR count). The monoisotopic (exact) mass is 437 g/mol. The second-order valence-corrected chi connectivity index (χ2v) is 5.11. The molecule has 1 fully saturated rings. The van der Waals surface area contributed by atoms with Crippen LogP contribution in [0.4, 0.5) is 0 Å². The molecule has 0 aliphatic heterocycles. The van der Waals surface area contributed by atoms with Gasteiger partial charge in [-0.2, -0.15) is 0 Å². The van der Waals surface area contributed by atoms with E-state index in [2.05, 4.69) is 38.7 Å². The van der Waals surface area contributed by atoms with Crippen LogP contribution in [0.2, 0.25) is 3.72 Å². The summed E-state index contributed by atoms with van der Waals surface area (Å²) < 4.78 is 0.573. The topological polar surface area (TPSA) is 0 Å². The van der Waals surface area contributed by atoms with Crippen molar-refractivity contribution in [3.8, 4) is 0 Å². The predicted molar refractivity (Wildman–Crippen MR) is 73.8 cm³/mol. The Kier molecular flexibility index (Phi) is 7.08. The number of rotatable bonds is 1. The van der Waals surface area contributed by atoms with Gasteiger partial charge in [-0.05, 0) is 0 Å². The van der Waals surface area contributed by atoms with E-state index in [-0.39, 0.29) is 48.0 Å². The van der Waals surface area contributed by atoms with E-state index in [1.165, 1.54) is 32.1 Å². The van der Waals surface area contributed by atoms with E-state index in [1.54, 1.807) is 5.57 Å². The first-order valence-electron chi connectivity index (χ1n) is 4.42. The third kappa shape index (κ3) is 3.31. The summed E-state index contributed by atoms with van der Waals surface area (Å²) in [6, 6.07) is 0. The van der Waals surface area contributed by atoms with Gasteiger partial charge in [0.15, 0.2) is 0 Å². The van der Waals surface area contributed by atoms with Gasteiger partial charge in [0.2, 0.25) is 0 Å². The first kappa shape index (κ1) is 14.7. The van der Waals surface area contributed by atoms with Crippen LogP contribution in [-0.4, -0.2) is 0 Å². The molecule has 0 aromatic heterocycles. The van der Waals surface area contributed by atoms with Crippen molar-refractivity contribution in [2.45, 2.75) is 35.8 Å². The van der Waals surface area contributed by atoms with Gasteiger partial charge in [0.05, 0.1) is 0 Å². The van der Waals surface area contributed by atoms with E-state index >= 15 is 0 Å². The summed E-state index contributed by atoms with van der Waals surface area (Å²) in [5.74, 6) is 0. The molecule has 0 atom stereocenters. The molecule has 2 aliphatic carbocycles. The summed E-state index contributed by atoms with van der Waals surface area (Å²) in [4.78, 5) is 0. The fourth-order valence-corrected chi connectivity index (χ4v) is 2.94. The van der Waals surface area contributed by atoms with Gasteiger partial charge in [-0.3, -0.25) is 0 Å². The SMILES string of the molecule is I.I.[Ti][C]1(C2=CC=CC2)CCCC1. The molecule has 0 nitrogen and oxygen atoms in total. The van der Waals surface area contributed by atoms with Crippen LogP contribution in [0, 0.1) is 0 Å². The summed E-state index contributed by atoms with van der Waals surface area (Å²) in [7, 11) is 0. The number of halogens is 2. The maximum atomic E-state index is 2.43. The van der Waals surface area contributed by atoms with Gasteiger partial charge in [0, 0.05) is 0 Å². The first-order chi connectivity index (χ1) is 5.31. The number of allylic oxidation sites excluding steroid dienone is 4. The van der Waals surface area contributed by atoms with E-state index in [9.17, 15) is 0 Å². The zero-order valence-corrected chi connectivity index (χ0v) is 13.8. The van der Waals surface area contributed by atoms with E-state index in [0.717, 1.165) is 0 Å². The van der Waals surface area contributed by atoms with Crippen LogP contribution in [0.15, 0.2) is 23.8 Å². The Morgan fingerprint density at radius 2 is 1.77 bits per heavy atom. The van der Waals surface area contributed by atoms with Gasteiger partial charge in [-0.25, -0.2) is 0 Å². The summed E-state index contributed by atoms with van der Waals surface area (Å²) in [5, 5.41) is 0. The third-order valence-corrected chi connectivity index (χ3v) is 4.13. The molecule has 0 aromatic carbocycles. The van der Waals surface area contributed by atoms with Crippen LogP contribution in [-0.2, 0) is 20.4 Å². The molecule has 0 spiro atoms. The van der Waals surface area contributed by atoms with E-state index in [0.29, 0.717) is 3.72 Å². The quantitative estimate of drug-likeness (QED) is 0.422. The molecule has 0 bridgehead atoms. The standard InChI is InChI=1S/C10H13.2HI.Ti/c1-2-6-9(5-1)10-7-3-4-8-10;;;/h1-2,5H,3-4,6-8H2;2*1H;. The number of hydrogen-bond donors (Lipinski definition) is 0. The van der Waals surface area contributed by atoms with Crippen molar-refractivity contribution in [3.63, 3.8) is 0 Å². The van der Waals surface area contributed by atoms with Gasteiger partial charge in [0.25, 0.3) is 0 Å². The van der Waals surface area contributed by atoms with Crippen molar-refractivity contribution in [2.75, 3.05) is 0 Å². The van der Waals surface area contributed by atoms with Crippen molar-refractivity contribution in [3.05, 3.63) is 23.8 Å². The third-order valence-electron chi connectivity index (χ3n) is 2.84. The molecule has 2 aliphatic rings. The van der Waals surface area contributed by atoms with Crippen LogP contribution < -0.4 is 0 Å². The Balaban J connectivity index is 0.000000720. The van der Waals surface area contributed by atoms with Crippen LogP contribution in [0.25, 0.3) is 0 Å². The molecule has 0 N–H and O–H groups in total. The average Bonchev–Trinajstić information content (AvgIpc) is 2.55. The Morgan fingerprint density at radius 1 is 1.15 bits per heavy atom. The molecule has 0 heterocycles. The average molecular weight is 437 g/mol. The van der Waals surface area contributed by atoms with E-state index in [1.807, 2.05) is 0 Å². The fraction of sp³-hybridized carbons (Fsp3) is 0.600. The van der Waals surface area contributed by atoms with Gasteiger partial charge in [-0.1, -0.05) is 0 Å². The minimum absolute atomic E-state index is 0. The van der Waals surface area contributed by atoms with Crippen molar-refractivity contribution in [1.29, 1.82) is 0 Å². The van der Waals surface area contributed by atoms with Crippen molar-refractivity contribution in [2.24, 2.45) is 0 Å². The molecule has 13 heavy (non-hydrogen) atoms. The molecule has 0 saturated heterocycles. The molecule has 1 saturated carbocycles. The van der Waals surface area contributed by atoms with Gasteiger partial charge in [0.1, 0.15) is 0 Å².